The average molecular weight is 1090 g/mol. The number of ether oxygens (including phenoxy) is 5. The fourth-order valence-corrected chi connectivity index (χ4v) is 11.4. The lowest BCUT2D eigenvalue weighted by molar-refractivity contribution is -0.148. The molecule has 1 aromatic carbocycles. The highest BCUT2D eigenvalue weighted by Gasteiger charge is 2.44. The summed E-state index contributed by atoms with van der Waals surface area (Å²) in [6, 6.07) is 5.21. The Hall–Kier alpha value is -4.84. The van der Waals surface area contributed by atoms with Crippen LogP contribution in [0.15, 0.2) is 42.5 Å². The van der Waals surface area contributed by atoms with Gasteiger partial charge < -0.3 is 44.1 Å². The number of hydrogen-bond acceptors (Lipinski definition) is 15. The van der Waals surface area contributed by atoms with Crippen LogP contribution >= 0.6 is 0 Å². The van der Waals surface area contributed by atoms with Crippen LogP contribution in [0.2, 0.25) is 0 Å². The van der Waals surface area contributed by atoms with E-state index < -0.39 is 75.4 Å². The molecule has 7 amide bonds. The first-order chi connectivity index (χ1) is 36.1. The Kier molecular flexibility index (Phi) is 25.9. The van der Waals surface area contributed by atoms with Gasteiger partial charge in [0.2, 0.25) is 33.7 Å². The molecule has 1 saturated carbocycles. The summed E-state index contributed by atoms with van der Waals surface area (Å²) in [7, 11) is 2.62. The molecule has 9 atom stereocenters. The Labute approximate surface area is 450 Å². The number of carbonyl (C=O) groups excluding carboxylic acids is 7. The van der Waals surface area contributed by atoms with Crippen LogP contribution in [0.25, 0.3) is 0 Å². The molecule has 0 aromatic heterocycles. The smallest absolute Gasteiger partial charge is 0.256 e. The Morgan fingerprint density at radius 1 is 0.763 bits per heavy atom. The second kappa shape index (κ2) is 30.9. The van der Waals surface area contributed by atoms with Gasteiger partial charge in [0.1, 0.15) is 12.1 Å². The van der Waals surface area contributed by atoms with Crippen molar-refractivity contribution in [3.63, 3.8) is 0 Å². The molecular formula is C54H87N7O14S. The summed E-state index contributed by atoms with van der Waals surface area (Å²) in [4.78, 5) is 100. The number of likely N-dealkylation sites (tertiary alicyclic amines) is 1. The Morgan fingerprint density at radius 2 is 1.37 bits per heavy atom. The topological polar surface area (TPSA) is 249 Å². The molecule has 1 saturated heterocycles. The van der Waals surface area contributed by atoms with Gasteiger partial charge >= 0.3 is 0 Å². The molecule has 3 N–H and O–H groups in total. The van der Waals surface area contributed by atoms with Crippen LogP contribution in [0.5, 0.6) is 0 Å². The van der Waals surface area contributed by atoms with Crippen LogP contribution in [0, 0.1) is 23.7 Å². The molecule has 0 bridgehead atoms. The number of carbonyl (C=O) groups is 7. The van der Waals surface area contributed by atoms with E-state index in [0.717, 1.165) is 10.5 Å². The molecule has 428 valence electrons. The zero-order valence-electron chi connectivity index (χ0n) is 46.7. The van der Waals surface area contributed by atoms with Crippen molar-refractivity contribution in [1.82, 2.24) is 35.0 Å². The number of methoxy groups -OCH3 is 2. The quantitative estimate of drug-likeness (QED) is 0.0652. The Morgan fingerprint density at radius 3 is 1.92 bits per heavy atom. The number of imide groups is 1. The van der Waals surface area contributed by atoms with Gasteiger partial charge in [0, 0.05) is 52.9 Å². The predicted octanol–water partition coefficient (Wildman–Crippen LogP) is 2.31. The van der Waals surface area contributed by atoms with Crippen molar-refractivity contribution in [3.8, 4) is 0 Å². The van der Waals surface area contributed by atoms with Crippen LogP contribution < -0.4 is 15.4 Å². The van der Waals surface area contributed by atoms with Crippen LogP contribution in [-0.2, 0) is 73.7 Å². The van der Waals surface area contributed by atoms with E-state index in [1.54, 1.807) is 48.0 Å². The normalized spacial score (nSPS) is 19.1. The third kappa shape index (κ3) is 18.4. The minimum Gasteiger partial charge on any atom is -0.379 e. The maximum atomic E-state index is 14.7. The van der Waals surface area contributed by atoms with Crippen molar-refractivity contribution in [2.75, 3.05) is 87.6 Å². The molecule has 2 heterocycles. The lowest BCUT2D eigenvalue weighted by Crippen LogP contribution is -2.60. The van der Waals surface area contributed by atoms with Crippen LogP contribution in [0.1, 0.15) is 92.6 Å². The molecule has 0 radical (unpaired) electrons. The third-order valence-electron chi connectivity index (χ3n) is 14.7. The van der Waals surface area contributed by atoms with E-state index >= 15 is 0 Å². The maximum Gasteiger partial charge on any atom is 0.256 e. The summed E-state index contributed by atoms with van der Waals surface area (Å²) in [5.74, 6) is -4.33. The molecule has 22 heteroatoms. The fraction of sp³-hybridized carbons (Fsp3) is 0.722. The first-order valence-corrected chi connectivity index (χ1v) is 28.4. The highest BCUT2D eigenvalue weighted by atomic mass is 32.2. The summed E-state index contributed by atoms with van der Waals surface area (Å²) >= 11 is 0. The van der Waals surface area contributed by atoms with Gasteiger partial charge in [-0.1, -0.05) is 85.2 Å². The Balaban J connectivity index is 1.34. The standard InChI is InChI=1S/C54H87N7O14S/c1-12-37(6)49(59(9)54(68)47(35(2)3)56-53(67)48(36(4)5)58(8)25-27-73-29-31-75-32-30-74-28-26-61-44(62)22-23-45(61)63)43(71-10)34-46(64)60-24-16-19-42(60)50(72-11)38(7)51(65)55-41(33-39-17-14-13-15-18-39)52(66)57-76(69,70)40-20-21-40/h13-15,17-18,22-23,35-38,40-43,47-50H,12,16,19-21,24-34H2,1-11H3,(H,55,65)(H,56,67)(H,57,66)/t37-,38+,41-,42-,43+,47-,48-,49-,50+/m0/s1. The number of hydrogen-bond donors (Lipinski definition) is 3. The molecule has 76 heavy (non-hydrogen) atoms. The third-order valence-corrected chi connectivity index (χ3v) is 16.5. The second-order valence-corrected chi connectivity index (χ2v) is 22.9. The zero-order chi connectivity index (χ0) is 56.3. The van der Waals surface area contributed by atoms with Gasteiger partial charge in [-0.05, 0) is 56.0 Å². The van der Waals surface area contributed by atoms with E-state index in [1.807, 2.05) is 59.6 Å². The van der Waals surface area contributed by atoms with Gasteiger partial charge in [-0.3, -0.25) is 48.1 Å². The number of amides is 7. The molecule has 3 aliphatic rings. The average Bonchev–Trinajstić information content (AvgIpc) is 4.07. The van der Waals surface area contributed by atoms with Crippen molar-refractivity contribution in [2.24, 2.45) is 23.7 Å². The minimum atomic E-state index is -3.89. The first kappa shape index (κ1) is 63.7. The van der Waals surface area contributed by atoms with Crippen LogP contribution in [-0.4, -0.2) is 205 Å². The molecule has 0 spiro atoms. The van der Waals surface area contributed by atoms with E-state index in [4.69, 9.17) is 23.7 Å². The van der Waals surface area contributed by atoms with Gasteiger partial charge in [-0.2, -0.15) is 0 Å². The van der Waals surface area contributed by atoms with Gasteiger partial charge in [0.05, 0.1) is 94.1 Å². The highest BCUT2D eigenvalue weighted by molar-refractivity contribution is 7.90. The number of nitrogens with zero attached hydrogens (tertiary/aromatic N) is 4. The van der Waals surface area contributed by atoms with Gasteiger partial charge in [-0.15, -0.1) is 0 Å². The van der Waals surface area contributed by atoms with E-state index in [-0.39, 0.29) is 73.3 Å². The van der Waals surface area contributed by atoms with Gasteiger partial charge in [0.15, 0.2) is 0 Å². The second-order valence-electron chi connectivity index (χ2n) is 20.9. The van der Waals surface area contributed by atoms with Crippen LogP contribution in [0.4, 0.5) is 0 Å². The first-order valence-electron chi connectivity index (χ1n) is 26.9. The Bertz CT molecular complexity index is 2190. The molecule has 2 fully saturated rings. The molecule has 4 rings (SSSR count). The van der Waals surface area contributed by atoms with Crippen molar-refractivity contribution in [1.29, 1.82) is 0 Å². The minimum absolute atomic E-state index is 0.0515. The zero-order valence-corrected chi connectivity index (χ0v) is 47.5. The monoisotopic (exact) mass is 1090 g/mol. The van der Waals surface area contributed by atoms with Gasteiger partial charge in [-0.25, -0.2) is 8.42 Å². The lowest BCUT2D eigenvalue weighted by atomic mass is 9.89. The summed E-state index contributed by atoms with van der Waals surface area (Å²) in [5, 5.41) is 5.23. The van der Waals surface area contributed by atoms with E-state index in [1.165, 1.54) is 26.4 Å². The molecule has 1 aromatic rings. The summed E-state index contributed by atoms with van der Waals surface area (Å²) in [6.45, 7) is 16.1. The van der Waals surface area contributed by atoms with E-state index in [0.29, 0.717) is 78.2 Å². The van der Waals surface area contributed by atoms with Crippen molar-refractivity contribution < 1.29 is 65.7 Å². The van der Waals surface area contributed by atoms with Crippen molar-refractivity contribution in [3.05, 3.63) is 48.0 Å². The van der Waals surface area contributed by atoms with Crippen LogP contribution in [0.3, 0.4) is 0 Å². The number of likely N-dealkylation sites (N-methyl/N-ethyl adjacent to an activating group) is 2. The highest BCUT2D eigenvalue weighted by Crippen LogP contribution is 2.31. The summed E-state index contributed by atoms with van der Waals surface area (Å²) in [5.41, 5.74) is 0.725. The maximum absolute atomic E-state index is 14.7. The molecule has 1 aliphatic carbocycles. The SMILES string of the molecule is CC[C@H](C)[C@@H]([C@@H](CC(=O)N1CCC[C@H]1[C@H](OC)[C@@H](C)C(=O)N[C@@H](Cc1ccccc1)C(=O)NS(=O)(=O)C1CC1)OC)N(C)C(=O)[C@@H](NC(=O)[C@H](C(C)C)N(C)CCOCCOCCOCCN1C(=O)C=CC1=O)C(C)C. The number of benzene rings is 1. The number of sulfonamides is 1. The number of nitrogens with one attached hydrogen (secondary N) is 3. The molecular weight excluding hydrogens is 1000 g/mol. The largest absolute Gasteiger partial charge is 0.379 e. The predicted molar refractivity (Wildman–Crippen MR) is 285 cm³/mol. The molecule has 21 nitrogen and oxygen atoms in total. The van der Waals surface area contributed by atoms with E-state index in [2.05, 4.69) is 15.4 Å². The molecule has 0 unspecified atom stereocenters. The summed E-state index contributed by atoms with van der Waals surface area (Å²) < 4.78 is 56.6. The fourth-order valence-electron chi connectivity index (χ4n) is 10.0. The summed E-state index contributed by atoms with van der Waals surface area (Å²) in [6.07, 6.45) is 3.67. The molecule has 2 aliphatic heterocycles. The van der Waals surface area contributed by atoms with Crippen molar-refractivity contribution >= 4 is 51.4 Å². The lowest BCUT2D eigenvalue weighted by Gasteiger charge is -2.41. The van der Waals surface area contributed by atoms with E-state index in [9.17, 15) is 42.0 Å². The van der Waals surface area contributed by atoms with Gasteiger partial charge in [0.25, 0.3) is 17.7 Å². The number of rotatable bonds is 35. The van der Waals surface area contributed by atoms with Crippen molar-refractivity contribution in [2.45, 2.75) is 141 Å².